The van der Waals surface area contributed by atoms with Crippen LogP contribution in [0.4, 0.5) is 0 Å². The Morgan fingerprint density at radius 3 is 2.44 bits per heavy atom. The molecule has 1 aliphatic heterocycles. The third-order valence-electron chi connectivity index (χ3n) is 3.82. The van der Waals surface area contributed by atoms with Crippen LogP contribution < -0.4 is 0 Å². The molecule has 0 aliphatic carbocycles. The number of benzene rings is 1. The van der Waals surface area contributed by atoms with E-state index in [1.54, 1.807) is 0 Å². The second-order valence-corrected chi connectivity index (χ2v) is 6.77. The molecule has 0 atom stereocenters. The lowest BCUT2D eigenvalue weighted by atomic mass is 9.82. The molecule has 2 nitrogen and oxygen atoms in total. The third-order valence-corrected chi connectivity index (χ3v) is 4.68. The van der Waals surface area contributed by atoms with Gasteiger partial charge in [-0.05, 0) is 42.9 Å². The molecule has 1 heterocycles. The summed E-state index contributed by atoms with van der Waals surface area (Å²) in [5.74, 6) is 0.159. The van der Waals surface area contributed by atoms with Gasteiger partial charge in [0.15, 0.2) is 0 Å². The quantitative estimate of drug-likeness (QED) is 0.767. The average molecular weight is 310 g/mol. The molecule has 0 spiro atoms. The van der Waals surface area contributed by atoms with Crippen LogP contribution in [0.25, 0.3) is 0 Å². The number of carbonyl (C=O) groups is 1. The maximum Gasteiger partial charge on any atom is 0.253 e. The molecule has 0 saturated carbocycles. The average Bonchev–Trinajstić information content (AvgIpc) is 2.32. The number of nitrogens with zero attached hydrogens (tertiary/aromatic N) is 1. The summed E-state index contributed by atoms with van der Waals surface area (Å²) in [7, 11) is 0. The molecule has 1 saturated heterocycles. The van der Waals surface area contributed by atoms with Crippen molar-refractivity contribution >= 4 is 21.8 Å². The Balaban J connectivity index is 2.10. The van der Waals surface area contributed by atoms with Gasteiger partial charge in [0.05, 0.1) is 0 Å². The fourth-order valence-corrected chi connectivity index (χ4v) is 2.60. The van der Waals surface area contributed by atoms with Gasteiger partial charge in [0.1, 0.15) is 0 Å². The highest BCUT2D eigenvalue weighted by Gasteiger charge is 2.28. The predicted octanol–water partition coefficient (Wildman–Crippen LogP) is 4.02. The molecule has 1 aromatic rings. The van der Waals surface area contributed by atoms with E-state index in [1.165, 1.54) is 0 Å². The summed E-state index contributed by atoms with van der Waals surface area (Å²) in [4.78, 5) is 14.4. The van der Waals surface area contributed by atoms with E-state index < -0.39 is 0 Å². The number of aryl methyl sites for hydroxylation is 1. The first-order valence-corrected chi connectivity index (χ1v) is 7.24. The molecule has 1 amide bonds. The van der Waals surface area contributed by atoms with Crippen LogP contribution in [0.2, 0.25) is 0 Å². The summed E-state index contributed by atoms with van der Waals surface area (Å²) in [5, 5.41) is 0. The summed E-state index contributed by atoms with van der Waals surface area (Å²) in [6.45, 7) is 8.32. The Morgan fingerprint density at radius 2 is 1.89 bits per heavy atom. The molecule has 1 fully saturated rings. The Kier molecular flexibility index (Phi) is 3.81. The largest absolute Gasteiger partial charge is 0.339 e. The van der Waals surface area contributed by atoms with E-state index in [9.17, 15) is 4.79 Å². The molecule has 0 aromatic heterocycles. The van der Waals surface area contributed by atoms with Gasteiger partial charge in [-0.25, -0.2) is 0 Å². The molecule has 0 N–H and O–H groups in total. The molecule has 1 aliphatic rings. The summed E-state index contributed by atoms with van der Waals surface area (Å²) in [5.41, 5.74) is 2.32. The van der Waals surface area contributed by atoms with Crippen LogP contribution in [0.3, 0.4) is 0 Å². The van der Waals surface area contributed by atoms with Crippen LogP contribution in [-0.4, -0.2) is 23.9 Å². The zero-order chi connectivity index (χ0) is 13.3. The van der Waals surface area contributed by atoms with Gasteiger partial charge in [0, 0.05) is 23.1 Å². The lowest BCUT2D eigenvalue weighted by molar-refractivity contribution is 0.0630. The normalized spacial score (nSPS) is 18.8. The first-order valence-electron chi connectivity index (χ1n) is 6.44. The van der Waals surface area contributed by atoms with Gasteiger partial charge in [-0.1, -0.05) is 35.8 Å². The summed E-state index contributed by atoms with van der Waals surface area (Å²) >= 11 is 3.49. The highest BCUT2D eigenvalue weighted by molar-refractivity contribution is 9.10. The fourth-order valence-electron chi connectivity index (χ4n) is 2.22. The molecule has 2 rings (SSSR count). The molecular formula is C15H20BrNO. The van der Waals surface area contributed by atoms with Crippen molar-refractivity contribution < 1.29 is 4.79 Å². The standard InChI is InChI=1S/C15H20BrNO/c1-11-4-5-12(10-13(11)16)14(18)17-8-6-15(2,3)7-9-17/h4-5,10H,6-9H2,1-3H3. The molecule has 0 unspecified atom stereocenters. The van der Waals surface area contributed by atoms with Crippen molar-refractivity contribution in [2.24, 2.45) is 5.41 Å². The highest BCUT2D eigenvalue weighted by atomic mass is 79.9. The molecule has 3 heteroatoms. The summed E-state index contributed by atoms with van der Waals surface area (Å²) in [6.07, 6.45) is 2.18. The lowest BCUT2D eigenvalue weighted by Crippen LogP contribution is -2.41. The van der Waals surface area contributed by atoms with Crippen LogP contribution in [0, 0.1) is 12.3 Å². The van der Waals surface area contributed by atoms with Crippen molar-refractivity contribution in [2.45, 2.75) is 33.6 Å². The van der Waals surface area contributed by atoms with E-state index in [2.05, 4.69) is 29.8 Å². The van der Waals surface area contributed by atoms with Crippen molar-refractivity contribution in [2.75, 3.05) is 13.1 Å². The minimum Gasteiger partial charge on any atom is -0.339 e. The SMILES string of the molecule is Cc1ccc(C(=O)N2CCC(C)(C)CC2)cc1Br. The number of hydrogen-bond acceptors (Lipinski definition) is 1. The number of piperidine rings is 1. The predicted molar refractivity (Wildman–Crippen MR) is 77.8 cm³/mol. The Labute approximate surface area is 117 Å². The van der Waals surface area contributed by atoms with Crippen molar-refractivity contribution in [3.63, 3.8) is 0 Å². The van der Waals surface area contributed by atoms with Gasteiger partial charge < -0.3 is 4.90 Å². The van der Waals surface area contributed by atoms with Gasteiger partial charge in [0.25, 0.3) is 5.91 Å². The Hall–Kier alpha value is -0.830. The van der Waals surface area contributed by atoms with Crippen molar-refractivity contribution in [1.82, 2.24) is 4.90 Å². The van der Waals surface area contributed by atoms with Crippen molar-refractivity contribution in [3.05, 3.63) is 33.8 Å². The summed E-state index contributed by atoms with van der Waals surface area (Å²) in [6, 6.07) is 5.84. The van der Waals surface area contributed by atoms with E-state index in [0.717, 1.165) is 41.5 Å². The van der Waals surface area contributed by atoms with Gasteiger partial charge in [-0.15, -0.1) is 0 Å². The topological polar surface area (TPSA) is 20.3 Å². The van der Waals surface area contributed by atoms with E-state index in [1.807, 2.05) is 30.0 Å². The van der Waals surface area contributed by atoms with Crippen LogP contribution in [0.15, 0.2) is 22.7 Å². The molecule has 0 radical (unpaired) electrons. The number of likely N-dealkylation sites (tertiary alicyclic amines) is 1. The minimum absolute atomic E-state index is 0.159. The fraction of sp³-hybridized carbons (Fsp3) is 0.533. The highest BCUT2D eigenvalue weighted by Crippen LogP contribution is 2.30. The number of hydrogen-bond donors (Lipinski definition) is 0. The molecule has 0 bridgehead atoms. The third kappa shape index (κ3) is 2.94. The second kappa shape index (κ2) is 5.04. The van der Waals surface area contributed by atoms with E-state index >= 15 is 0 Å². The van der Waals surface area contributed by atoms with Gasteiger partial charge >= 0.3 is 0 Å². The molecule has 18 heavy (non-hydrogen) atoms. The maximum absolute atomic E-state index is 12.4. The van der Waals surface area contributed by atoms with Crippen LogP contribution >= 0.6 is 15.9 Å². The Morgan fingerprint density at radius 1 is 1.28 bits per heavy atom. The number of rotatable bonds is 1. The maximum atomic E-state index is 12.4. The molecule has 98 valence electrons. The van der Waals surface area contributed by atoms with E-state index in [4.69, 9.17) is 0 Å². The first kappa shape index (κ1) is 13.6. The molecular weight excluding hydrogens is 290 g/mol. The number of halogens is 1. The molecule has 1 aromatic carbocycles. The van der Waals surface area contributed by atoms with E-state index in [-0.39, 0.29) is 5.91 Å². The van der Waals surface area contributed by atoms with Crippen LogP contribution in [-0.2, 0) is 0 Å². The first-order chi connectivity index (χ1) is 8.39. The van der Waals surface area contributed by atoms with Gasteiger partial charge in [-0.3, -0.25) is 4.79 Å². The smallest absolute Gasteiger partial charge is 0.253 e. The summed E-state index contributed by atoms with van der Waals surface area (Å²) < 4.78 is 1.01. The minimum atomic E-state index is 0.159. The van der Waals surface area contributed by atoms with Crippen molar-refractivity contribution in [3.8, 4) is 0 Å². The number of carbonyl (C=O) groups excluding carboxylic acids is 1. The van der Waals surface area contributed by atoms with Crippen LogP contribution in [0.5, 0.6) is 0 Å². The monoisotopic (exact) mass is 309 g/mol. The Bertz CT molecular complexity index is 458. The van der Waals surface area contributed by atoms with Crippen LogP contribution in [0.1, 0.15) is 42.6 Å². The zero-order valence-electron chi connectivity index (χ0n) is 11.3. The number of amides is 1. The van der Waals surface area contributed by atoms with Crippen molar-refractivity contribution in [1.29, 1.82) is 0 Å². The van der Waals surface area contributed by atoms with Gasteiger partial charge in [0.2, 0.25) is 0 Å². The van der Waals surface area contributed by atoms with E-state index in [0.29, 0.717) is 5.41 Å². The zero-order valence-corrected chi connectivity index (χ0v) is 12.9. The second-order valence-electron chi connectivity index (χ2n) is 5.92. The lowest BCUT2D eigenvalue weighted by Gasteiger charge is -2.37. The van der Waals surface area contributed by atoms with Gasteiger partial charge in [-0.2, -0.15) is 0 Å².